The largest absolute Gasteiger partial charge is 0.462 e. The van der Waals surface area contributed by atoms with Gasteiger partial charge in [-0.3, -0.25) is 4.79 Å². The molecule has 184 valence electrons. The van der Waals surface area contributed by atoms with E-state index in [0.717, 1.165) is 5.56 Å². The summed E-state index contributed by atoms with van der Waals surface area (Å²) in [7, 11) is -3.74. The summed E-state index contributed by atoms with van der Waals surface area (Å²) in [6.45, 7) is 2.32. The molecular weight excluding hydrogens is 472 g/mol. The van der Waals surface area contributed by atoms with Crippen molar-refractivity contribution in [3.8, 4) is 11.5 Å². The average molecular weight is 499 g/mol. The van der Waals surface area contributed by atoms with Gasteiger partial charge < -0.3 is 13.9 Å². The number of rotatable bonds is 8. The van der Waals surface area contributed by atoms with Crippen LogP contribution in [0.25, 0.3) is 11.5 Å². The molecule has 0 unspecified atom stereocenters. The van der Waals surface area contributed by atoms with Crippen LogP contribution < -0.4 is 0 Å². The van der Waals surface area contributed by atoms with E-state index in [1.54, 1.807) is 6.92 Å². The van der Waals surface area contributed by atoms with Gasteiger partial charge in [0, 0.05) is 18.7 Å². The van der Waals surface area contributed by atoms with Crippen molar-refractivity contribution in [2.75, 3.05) is 19.7 Å². The van der Waals surface area contributed by atoms with E-state index in [0.29, 0.717) is 24.4 Å². The van der Waals surface area contributed by atoms with Crippen LogP contribution in [0.15, 0.2) is 70.2 Å². The van der Waals surface area contributed by atoms with Crippen LogP contribution in [0.1, 0.15) is 35.8 Å². The Balaban J connectivity index is 1.29. The number of oxazole rings is 1. The number of piperidine rings is 1. The Kier molecular flexibility index (Phi) is 7.62. The number of ether oxygens (including phenoxy) is 2. The lowest BCUT2D eigenvalue weighted by Gasteiger charge is -2.30. The van der Waals surface area contributed by atoms with E-state index in [4.69, 9.17) is 13.9 Å². The molecule has 35 heavy (non-hydrogen) atoms. The van der Waals surface area contributed by atoms with Gasteiger partial charge in [-0.15, -0.1) is 0 Å². The SMILES string of the molecule is CCOC(=O)c1ccc(S(=O)(=O)N2CCC(C(=O)OCc3coc(-c4ccccc4)n3)CC2)cc1. The van der Waals surface area contributed by atoms with Gasteiger partial charge >= 0.3 is 11.9 Å². The quantitative estimate of drug-likeness (QED) is 0.432. The molecule has 1 aliphatic rings. The van der Waals surface area contributed by atoms with Crippen LogP contribution in [-0.4, -0.2) is 49.3 Å². The lowest BCUT2D eigenvalue weighted by Crippen LogP contribution is -2.40. The van der Waals surface area contributed by atoms with E-state index in [9.17, 15) is 18.0 Å². The molecule has 0 N–H and O–H groups in total. The van der Waals surface area contributed by atoms with Gasteiger partial charge in [0.2, 0.25) is 15.9 Å². The van der Waals surface area contributed by atoms with Gasteiger partial charge in [0.05, 0.1) is 23.0 Å². The first-order valence-corrected chi connectivity index (χ1v) is 12.8. The van der Waals surface area contributed by atoms with Crippen molar-refractivity contribution in [3.63, 3.8) is 0 Å². The van der Waals surface area contributed by atoms with Gasteiger partial charge in [-0.2, -0.15) is 4.31 Å². The van der Waals surface area contributed by atoms with Crippen LogP contribution in [0.4, 0.5) is 0 Å². The first-order valence-electron chi connectivity index (χ1n) is 11.3. The number of carbonyl (C=O) groups excluding carboxylic acids is 2. The number of nitrogens with zero attached hydrogens (tertiary/aromatic N) is 2. The standard InChI is InChI=1S/C25H26N2O7S/c1-2-32-24(28)19-8-10-22(11-9-19)35(30,31)27-14-12-20(13-15-27)25(29)34-17-21-16-33-23(26-21)18-6-4-3-5-7-18/h3-11,16,20H,2,12-15,17H2,1H3. The maximum absolute atomic E-state index is 13.0. The summed E-state index contributed by atoms with van der Waals surface area (Å²) >= 11 is 0. The van der Waals surface area contributed by atoms with Gasteiger partial charge in [0.25, 0.3) is 0 Å². The summed E-state index contributed by atoms with van der Waals surface area (Å²) in [5.74, 6) is -0.832. The second kappa shape index (κ2) is 10.8. The monoisotopic (exact) mass is 498 g/mol. The summed E-state index contributed by atoms with van der Waals surface area (Å²) in [6.07, 6.45) is 2.16. The first-order chi connectivity index (χ1) is 16.9. The smallest absolute Gasteiger partial charge is 0.338 e. The van der Waals surface area contributed by atoms with Crippen LogP contribution >= 0.6 is 0 Å². The van der Waals surface area contributed by atoms with Crippen molar-refractivity contribution in [1.29, 1.82) is 0 Å². The fraction of sp³-hybridized carbons (Fsp3) is 0.320. The second-order valence-corrected chi connectivity index (χ2v) is 9.98. The van der Waals surface area contributed by atoms with Gasteiger partial charge in [-0.05, 0) is 56.2 Å². The van der Waals surface area contributed by atoms with E-state index in [2.05, 4.69) is 4.98 Å². The Labute approximate surface area is 203 Å². The highest BCUT2D eigenvalue weighted by molar-refractivity contribution is 7.89. The van der Waals surface area contributed by atoms with Crippen LogP contribution in [-0.2, 0) is 30.9 Å². The molecule has 1 aliphatic heterocycles. The van der Waals surface area contributed by atoms with Gasteiger partial charge in [0.1, 0.15) is 18.6 Å². The maximum atomic E-state index is 13.0. The Morgan fingerprint density at radius 3 is 2.37 bits per heavy atom. The number of aromatic nitrogens is 1. The molecule has 0 spiro atoms. The summed E-state index contributed by atoms with van der Waals surface area (Å²) in [5.41, 5.74) is 1.62. The van der Waals surface area contributed by atoms with E-state index in [-0.39, 0.29) is 42.7 Å². The summed E-state index contributed by atoms with van der Waals surface area (Å²) in [5, 5.41) is 0. The van der Waals surface area contributed by atoms with Crippen LogP contribution in [0.3, 0.4) is 0 Å². The average Bonchev–Trinajstić information content (AvgIpc) is 3.37. The third kappa shape index (κ3) is 5.77. The highest BCUT2D eigenvalue weighted by Crippen LogP contribution is 2.25. The molecule has 10 heteroatoms. The van der Waals surface area contributed by atoms with Crippen molar-refractivity contribution < 1.29 is 31.9 Å². The topological polar surface area (TPSA) is 116 Å². The number of benzene rings is 2. The van der Waals surface area contributed by atoms with Gasteiger partial charge in [0.15, 0.2) is 0 Å². The second-order valence-electron chi connectivity index (χ2n) is 8.04. The van der Waals surface area contributed by atoms with Crippen LogP contribution in [0.5, 0.6) is 0 Å². The predicted octanol–water partition coefficient (Wildman–Crippen LogP) is 3.66. The highest BCUT2D eigenvalue weighted by atomic mass is 32.2. The molecular formula is C25H26N2O7S. The van der Waals surface area contributed by atoms with Gasteiger partial charge in [-0.1, -0.05) is 18.2 Å². The lowest BCUT2D eigenvalue weighted by atomic mass is 9.98. The molecule has 1 aromatic heterocycles. The molecule has 1 fully saturated rings. The number of sulfonamides is 1. The fourth-order valence-electron chi connectivity index (χ4n) is 3.81. The van der Waals surface area contributed by atoms with Crippen molar-refractivity contribution in [2.45, 2.75) is 31.3 Å². The molecule has 0 radical (unpaired) electrons. The molecule has 0 bridgehead atoms. The predicted molar refractivity (Wildman–Crippen MR) is 126 cm³/mol. The zero-order valence-corrected chi connectivity index (χ0v) is 20.1. The molecule has 1 saturated heterocycles. The normalized spacial score (nSPS) is 15.0. The van der Waals surface area contributed by atoms with E-state index in [1.807, 2.05) is 30.3 Å². The van der Waals surface area contributed by atoms with E-state index < -0.39 is 21.9 Å². The zero-order valence-electron chi connectivity index (χ0n) is 19.3. The number of hydrogen-bond donors (Lipinski definition) is 0. The molecule has 3 aromatic rings. The van der Waals surface area contributed by atoms with Crippen molar-refractivity contribution in [1.82, 2.24) is 9.29 Å². The molecule has 0 amide bonds. The molecule has 4 rings (SSSR count). The van der Waals surface area contributed by atoms with Crippen molar-refractivity contribution in [2.24, 2.45) is 5.92 Å². The maximum Gasteiger partial charge on any atom is 0.338 e. The van der Waals surface area contributed by atoms with Crippen molar-refractivity contribution in [3.05, 3.63) is 72.1 Å². The van der Waals surface area contributed by atoms with Crippen molar-refractivity contribution >= 4 is 22.0 Å². The van der Waals surface area contributed by atoms with E-state index in [1.165, 1.54) is 34.8 Å². The highest BCUT2D eigenvalue weighted by Gasteiger charge is 2.33. The van der Waals surface area contributed by atoms with Gasteiger partial charge in [-0.25, -0.2) is 18.2 Å². The molecule has 2 heterocycles. The number of hydrogen-bond acceptors (Lipinski definition) is 8. The minimum absolute atomic E-state index is 0.0134. The summed E-state index contributed by atoms with van der Waals surface area (Å²) in [6, 6.07) is 15.1. The molecule has 0 atom stereocenters. The molecule has 9 nitrogen and oxygen atoms in total. The van der Waals surface area contributed by atoms with E-state index >= 15 is 0 Å². The minimum atomic E-state index is -3.74. The Hall–Kier alpha value is -3.50. The summed E-state index contributed by atoms with van der Waals surface area (Å²) < 4.78 is 43.1. The van der Waals surface area contributed by atoms with Crippen LogP contribution in [0.2, 0.25) is 0 Å². The zero-order chi connectivity index (χ0) is 24.8. The first kappa shape index (κ1) is 24.6. The minimum Gasteiger partial charge on any atom is -0.462 e. The Morgan fingerprint density at radius 1 is 1.03 bits per heavy atom. The molecule has 0 aliphatic carbocycles. The fourth-order valence-corrected chi connectivity index (χ4v) is 5.28. The Morgan fingerprint density at radius 2 is 1.71 bits per heavy atom. The molecule has 0 saturated carbocycles. The summed E-state index contributed by atoms with van der Waals surface area (Å²) in [4.78, 5) is 28.8. The third-order valence-corrected chi connectivity index (χ3v) is 7.64. The third-order valence-electron chi connectivity index (χ3n) is 5.73. The lowest BCUT2D eigenvalue weighted by molar-refractivity contribution is -0.151. The number of carbonyl (C=O) groups is 2. The van der Waals surface area contributed by atoms with Crippen LogP contribution in [0, 0.1) is 5.92 Å². The molecule has 2 aromatic carbocycles. The number of esters is 2. The Bertz CT molecular complexity index is 1260.